The average molecular weight is 567 g/mol. The van der Waals surface area contributed by atoms with Crippen LogP contribution in [-0.2, 0) is 0 Å². The number of thiophene rings is 1. The summed E-state index contributed by atoms with van der Waals surface area (Å²) in [5.74, 6) is 0. The second kappa shape index (κ2) is 8.70. The number of aromatic nitrogens is 2. The van der Waals surface area contributed by atoms with Crippen molar-refractivity contribution in [2.24, 2.45) is 0 Å². The maximum Gasteiger partial charge on any atom is 0.0559 e. The van der Waals surface area contributed by atoms with Crippen molar-refractivity contribution < 1.29 is 0 Å². The van der Waals surface area contributed by atoms with Crippen LogP contribution in [-0.4, -0.2) is 9.55 Å². The summed E-state index contributed by atoms with van der Waals surface area (Å²) in [4.78, 5) is 3.87. The number of H-pyrrole nitrogens is 1. The number of para-hydroxylation sites is 1. The molecule has 6 aromatic carbocycles. The van der Waals surface area contributed by atoms with E-state index in [0.29, 0.717) is 0 Å². The molecule has 9 aromatic rings. The molecule has 1 aliphatic carbocycles. The number of rotatable bonds is 2. The summed E-state index contributed by atoms with van der Waals surface area (Å²) in [5, 5.41) is 10.6. The van der Waals surface area contributed by atoms with E-state index in [1.54, 1.807) is 0 Å². The second-order valence-electron chi connectivity index (χ2n) is 11.7. The summed E-state index contributed by atoms with van der Waals surface area (Å²) < 4.78 is 5.17. The van der Waals surface area contributed by atoms with E-state index in [1.807, 2.05) is 11.3 Å². The van der Waals surface area contributed by atoms with Crippen molar-refractivity contribution in [3.8, 4) is 11.1 Å². The van der Waals surface area contributed by atoms with E-state index >= 15 is 0 Å². The number of allylic oxidation sites excluding steroid dienone is 4. The van der Waals surface area contributed by atoms with Gasteiger partial charge in [-0.15, -0.1) is 11.3 Å². The highest BCUT2D eigenvalue weighted by atomic mass is 32.1. The van der Waals surface area contributed by atoms with Crippen LogP contribution in [0.1, 0.15) is 12.8 Å². The molecule has 0 amide bonds. The lowest BCUT2D eigenvalue weighted by Crippen LogP contribution is -1.98. The first-order valence-corrected chi connectivity index (χ1v) is 15.8. The first kappa shape index (κ1) is 23.4. The van der Waals surface area contributed by atoms with E-state index in [4.69, 9.17) is 0 Å². The largest absolute Gasteiger partial charge is 0.354 e. The fourth-order valence-electron chi connectivity index (χ4n) is 7.46. The molecule has 1 aliphatic rings. The van der Waals surface area contributed by atoms with Gasteiger partial charge in [-0.3, -0.25) is 0 Å². The molecule has 0 atom stereocenters. The van der Waals surface area contributed by atoms with Crippen LogP contribution in [0.25, 0.3) is 91.4 Å². The highest BCUT2D eigenvalue weighted by Crippen LogP contribution is 2.46. The Balaban J connectivity index is 1.22. The molecule has 2 nitrogen and oxygen atoms in total. The molecule has 0 aliphatic heterocycles. The van der Waals surface area contributed by atoms with Crippen molar-refractivity contribution in [2.75, 3.05) is 0 Å². The average Bonchev–Trinajstić information content (AvgIpc) is 3.74. The van der Waals surface area contributed by atoms with Gasteiger partial charge in [0.25, 0.3) is 0 Å². The number of nitrogens with zero attached hydrogens (tertiary/aromatic N) is 1. The highest BCUT2D eigenvalue weighted by molar-refractivity contribution is 7.27. The molecule has 3 heterocycles. The van der Waals surface area contributed by atoms with Gasteiger partial charge in [-0.1, -0.05) is 91.0 Å². The van der Waals surface area contributed by atoms with Crippen molar-refractivity contribution in [3.63, 3.8) is 0 Å². The minimum atomic E-state index is 1.06. The van der Waals surface area contributed by atoms with Crippen molar-refractivity contribution in [2.45, 2.75) is 12.8 Å². The number of fused-ring (bicyclic) bond motifs is 13. The number of hydrogen-bond acceptors (Lipinski definition) is 1. The fourth-order valence-corrected chi connectivity index (χ4v) is 8.74. The van der Waals surface area contributed by atoms with Gasteiger partial charge in [0.1, 0.15) is 0 Å². The quantitative estimate of drug-likeness (QED) is 0.215. The van der Waals surface area contributed by atoms with Crippen LogP contribution in [0.15, 0.2) is 127 Å². The monoisotopic (exact) mass is 566 g/mol. The Morgan fingerprint density at radius 2 is 1.35 bits per heavy atom. The zero-order chi connectivity index (χ0) is 28.1. The first-order valence-electron chi connectivity index (χ1n) is 15.0. The molecule has 43 heavy (non-hydrogen) atoms. The Labute approximate surface area is 251 Å². The van der Waals surface area contributed by atoms with Gasteiger partial charge in [0.15, 0.2) is 0 Å². The molecule has 1 N–H and O–H groups in total. The number of hydrogen-bond donors (Lipinski definition) is 1. The normalized spacial score (nSPS) is 13.9. The van der Waals surface area contributed by atoms with Crippen molar-refractivity contribution >= 4 is 91.6 Å². The Bertz CT molecular complexity index is 2670. The van der Waals surface area contributed by atoms with Gasteiger partial charge in [0.2, 0.25) is 0 Å². The molecule has 0 saturated heterocycles. The first-order chi connectivity index (χ1) is 21.3. The fraction of sp³-hybridized carbons (Fsp3) is 0.0500. The third kappa shape index (κ3) is 3.23. The lowest BCUT2D eigenvalue weighted by atomic mass is 9.98. The highest BCUT2D eigenvalue weighted by Gasteiger charge is 2.19. The summed E-state index contributed by atoms with van der Waals surface area (Å²) in [6.07, 6.45) is 8.87. The summed E-state index contributed by atoms with van der Waals surface area (Å²) in [5.41, 5.74) is 8.80. The van der Waals surface area contributed by atoms with Crippen LogP contribution in [0.2, 0.25) is 0 Å². The van der Waals surface area contributed by atoms with Crippen LogP contribution < -0.4 is 0 Å². The molecule has 0 spiro atoms. The molecule has 0 fully saturated rings. The smallest absolute Gasteiger partial charge is 0.0559 e. The predicted molar refractivity (Wildman–Crippen MR) is 187 cm³/mol. The van der Waals surface area contributed by atoms with Crippen molar-refractivity contribution in [1.29, 1.82) is 0 Å². The summed E-state index contributed by atoms with van der Waals surface area (Å²) in [6, 6.07) is 40.5. The van der Waals surface area contributed by atoms with Gasteiger partial charge >= 0.3 is 0 Å². The lowest BCUT2D eigenvalue weighted by Gasteiger charge is -2.14. The third-order valence-electron chi connectivity index (χ3n) is 9.37. The van der Waals surface area contributed by atoms with Crippen LogP contribution in [0, 0.1) is 0 Å². The summed E-state index contributed by atoms with van der Waals surface area (Å²) in [6.45, 7) is 0. The van der Waals surface area contributed by atoms with E-state index in [-0.39, 0.29) is 0 Å². The molecule has 202 valence electrons. The maximum absolute atomic E-state index is 3.87. The molecular weight excluding hydrogens is 541 g/mol. The minimum Gasteiger partial charge on any atom is -0.354 e. The second-order valence-corrected chi connectivity index (χ2v) is 12.7. The van der Waals surface area contributed by atoms with Gasteiger partial charge in [-0.25, -0.2) is 0 Å². The molecule has 0 bridgehead atoms. The van der Waals surface area contributed by atoms with E-state index in [1.165, 1.54) is 91.4 Å². The molecule has 0 unspecified atom stereocenters. The zero-order valence-electron chi connectivity index (χ0n) is 23.4. The molecule has 0 radical (unpaired) electrons. The van der Waals surface area contributed by atoms with Crippen LogP contribution in [0.5, 0.6) is 0 Å². The topological polar surface area (TPSA) is 20.7 Å². The Morgan fingerprint density at radius 3 is 2.23 bits per heavy atom. The molecule has 0 saturated carbocycles. The van der Waals surface area contributed by atoms with Crippen molar-refractivity contribution in [1.82, 2.24) is 9.55 Å². The molecule has 10 rings (SSSR count). The third-order valence-corrected chi connectivity index (χ3v) is 10.6. The van der Waals surface area contributed by atoms with Gasteiger partial charge in [-0.05, 0) is 65.8 Å². The minimum absolute atomic E-state index is 1.06. The van der Waals surface area contributed by atoms with Crippen LogP contribution in [0.3, 0.4) is 0 Å². The zero-order valence-corrected chi connectivity index (χ0v) is 24.2. The number of benzene rings is 6. The van der Waals surface area contributed by atoms with E-state index in [0.717, 1.165) is 12.8 Å². The van der Waals surface area contributed by atoms with Gasteiger partial charge in [0, 0.05) is 58.3 Å². The lowest BCUT2D eigenvalue weighted by molar-refractivity contribution is 0.979. The number of aromatic amines is 1. The van der Waals surface area contributed by atoms with Crippen LogP contribution in [0.4, 0.5) is 0 Å². The van der Waals surface area contributed by atoms with Gasteiger partial charge < -0.3 is 9.55 Å². The maximum atomic E-state index is 3.87. The Kier molecular flexibility index (Phi) is 4.74. The predicted octanol–water partition coefficient (Wildman–Crippen LogP) is 11.8. The van der Waals surface area contributed by atoms with E-state index in [9.17, 15) is 0 Å². The van der Waals surface area contributed by atoms with E-state index in [2.05, 4.69) is 137 Å². The SMILES string of the molecule is C1=CCCC(n2c3ccccc3c3cc(-c4ccc5c(c4)[nH]c4c6ccccc6c6c7ccccc7sc6c54)ccc32)=C1. The molecule has 3 heteroatoms. The number of nitrogens with one attached hydrogen (secondary N) is 1. The van der Waals surface area contributed by atoms with E-state index < -0.39 is 0 Å². The molecular formula is C40H26N2S. The van der Waals surface area contributed by atoms with Crippen molar-refractivity contribution in [3.05, 3.63) is 127 Å². The molecule has 3 aromatic heterocycles. The Hall–Kier alpha value is -5.12. The van der Waals surface area contributed by atoms with Gasteiger partial charge in [-0.2, -0.15) is 0 Å². The van der Waals surface area contributed by atoms with Gasteiger partial charge in [0.05, 0.1) is 16.6 Å². The summed E-state index contributed by atoms with van der Waals surface area (Å²) >= 11 is 1.91. The summed E-state index contributed by atoms with van der Waals surface area (Å²) in [7, 11) is 0. The Morgan fingerprint density at radius 1 is 0.605 bits per heavy atom. The standard InChI is InChI=1S/C40H26N2S/c1-2-10-26(11-3-1)42-34-16-8-6-12-27(34)32-22-24(19-21-35(32)42)25-18-20-30-33(23-25)41-39-29-14-5-4-13-28(29)37-31-15-7-9-17-36(31)43-40(37)38(30)39/h1-2,4-10,12-23,41H,3,11H2. The van der Waals surface area contributed by atoms with Crippen LogP contribution >= 0.6 is 11.3 Å².